The van der Waals surface area contributed by atoms with Crippen LogP contribution in [0.2, 0.25) is 0 Å². The topological polar surface area (TPSA) is 81.4 Å². The van der Waals surface area contributed by atoms with E-state index in [1.54, 1.807) is 13.8 Å². The highest BCUT2D eigenvalue weighted by atomic mass is 19.4. The van der Waals surface area contributed by atoms with Crippen LogP contribution in [0.3, 0.4) is 0 Å². The molecular weight excluding hydrogens is 435 g/mol. The average Bonchev–Trinajstić information content (AvgIpc) is 3.15. The Bertz CT molecular complexity index is 1130. The van der Waals surface area contributed by atoms with E-state index >= 15 is 0 Å². The number of nitrogens with one attached hydrogen (secondary N) is 1. The maximum Gasteiger partial charge on any atom is 0.453 e. The zero-order chi connectivity index (χ0) is 24.4. The summed E-state index contributed by atoms with van der Waals surface area (Å²) in [5, 5.41) is 6.31. The standard InChI is InChI=1S/C23H28F3N5O2/c1-14-18(15(2)31-21(28-14)29-20(30-31)23(24,25)26)10-11-19(32)27-12-13-33-17-8-6-16(7-9-17)22(3,4)5/h6-9H,10-13H2,1-5H3,(H,27,32). The number of rotatable bonds is 7. The third-order valence-corrected chi connectivity index (χ3v) is 5.32. The van der Waals surface area contributed by atoms with Crippen LogP contribution >= 0.6 is 0 Å². The smallest absolute Gasteiger partial charge is 0.453 e. The SMILES string of the molecule is Cc1nc2nc(C(F)(F)F)nn2c(C)c1CCC(=O)NCCOc1ccc(C(C)(C)C)cc1. The van der Waals surface area contributed by atoms with Gasteiger partial charge in [0.2, 0.25) is 5.91 Å². The third kappa shape index (κ3) is 6.00. The molecule has 1 N–H and O–H groups in total. The minimum Gasteiger partial charge on any atom is -0.492 e. The molecule has 3 rings (SSSR count). The van der Waals surface area contributed by atoms with E-state index in [1.807, 2.05) is 24.3 Å². The molecule has 0 aliphatic heterocycles. The zero-order valence-corrected chi connectivity index (χ0v) is 19.4. The highest BCUT2D eigenvalue weighted by Gasteiger charge is 2.37. The van der Waals surface area contributed by atoms with E-state index in [4.69, 9.17) is 4.74 Å². The van der Waals surface area contributed by atoms with Crippen molar-refractivity contribution >= 4 is 11.7 Å². The van der Waals surface area contributed by atoms with Gasteiger partial charge < -0.3 is 10.1 Å². The lowest BCUT2D eigenvalue weighted by atomic mass is 9.87. The number of aryl methyl sites for hydroxylation is 2. The van der Waals surface area contributed by atoms with Crippen LogP contribution < -0.4 is 10.1 Å². The van der Waals surface area contributed by atoms with E-state index in [-0.39, 0.29) is 23.5 Å². The monoisotopic (exact) mass is 463 g/mol. The molecule has 0 aliphatic rings. The number of fused-ring (bicyclic) bond motifs is 1. The molecule has 1 amide bonds. The maximum atomic E-state index is 12.9. The molecule has 0 atom stereocenters. The van der Waals surface area contributed by atoms with Crippen molar-refractivity contribution in [3.63, 3.8) is 0 Å². The third-order valence-electron chi connectivity index (χ3n) is 5.32. The number of hydrogen-bond acceptors (Lipinski definition) is 5. The number of alkyl halides is 3. The first-order valence-electron chi connectivity index (χ1n) is 10.7. The number of aromatic nitrogens is 4. The zero-order valence-electron chi connectivity index (χ0n) is 19.4. The first kappa shape index (κ1) is 24.5. The lowest BCUT2D eigenvalue weighted by Crippen LogP contribution is -2.28. The summed E-state index contributed by atoms with van der Waals surface area (Å²) in [7, 11) is 0. The molecule has 33 heavy (non-hydrogen) atoms. The summed E-state index contributed by atoms with van der Waals surface area (Å²) in [6, 6.07) is 7.86. The van der Waals surface area contributed by atoms with Crippen LogP contribution in [0.5, 0.6) is 5.75 Å². The predicted octanol–water partition coefficient (Wildman–Crippen LogP) is 4.19. The summed E-state index contributed by atoms with van der Waals surface area (Å²) in [6.07, 6.45) is -4.16. The summed E-state index contributed by atoms with van der Waals surface area (Å²) in [5.74, 6) is -0.803. The summed E-state index contributed by atoms with van der Waals surface area (Å²) < 4.78 is 45.5. The second-order valence-corrected chi connectivity index (χ2v) is 8.88. The minimum absolute atomic E-state index is 0.0673. The van der Waals surface area contributed by atoms with Crippen molar-refractivity contribution in [2.24, 2.45) is 0 Å². The fourth-order valence-electron chi connectivity index (χ4n) is 3.43. The summed E-state index contributed by atoms with van der Waals surface area (Å²) >= 11 is 0. The van der Waals surface area contributed by atoms with Gasteiger partial charge in [-0.25, -0.2) is 9.50 Å². The van der Waals surface area contributed by atoms with E-state index in [1.165, 1.54) is 5.56 Å². The van der Waals surface area contributed by atoms with Crippen molar-refractivity contribution in [1.29, 1.82) is 0 Å². The number of nitrogens with zero attached hydrogens (tertiary/aromatic N) is 4. The first-order chi connectivity index (χ1) is 15.4. The maximum absolute atomic E-state index is 12.9. The van der Waals surface area contributed by atoms with Gasteiger partial charge in [0.1, 0.15) is 12.4 Å². The fraction of sp³-hybridized carbons (Fsp3) is 0.478. The summed E-state index contributed by atoms with van der Waals surface area (Å²) in [4.78, 5) is 19.8. The highest BCUT2D eigenvalue weighted by molar-refractivity contribution is 5.76. The van der Waals surface area contributed by atoms with E-state index in [9.17, 15) is 18.0 Å². The normalized spacial score (nSPS) is 12.2. The molecule has 0 saturated carbocycles. The lowest BCUT2D eigenvalue weighted by Gasteiger charge is -2.19. The van der Waals surface area contributed by atoms with Crippen LogP contribution in [0.1, 0.15) is 55.5 Å². The number of hydrogen-bond donors (Lipinski definition) is 1. The Morgan fingerprint density at radius 1 is 1.09 bits per heavy atom. The molecule has 10 heteroatoms. The second-order valence-electron chi connectivity index (χ2n) is 8.88. The first-order valence-corrected chi connectivity index (χ1v) is 10.7. The Labute approximate surface area is 190 Å². The quantitative estimate of drug-likeness (QED) is 0.532. The second kappa shape index (κ2) is 9.36. The Balaban J connectivity index is 1.51. The Morgan fingerprint density at radius 3 is 2.36 bits per heavy atom. The van der Waals surface area contributed by atoms with Crippen molar-refractivity contribution in [1.82, 2.24) is 24.9 Å². The molecule has 2 heterocycles. The molecule has 0 aliphatic carbocycles. The van der Waals surface area contributed by atoms with Gasteiger partial charge in [0.25, 0.3) is 11.6 Å². The van der Waals surface area contributed by atoms with Gasteiger partial charge in [-0.2, -0.15) is 18.2 Å². The predicted molar refractivity (Wildman–Crippen MR) is 117 cm³/mol. The molecule has 2 aromatic heterocycles. The molecule has 0 unspecified atom stereocenters. The summed E-state index contributed by atoms with van der Waals surface area (Å²) in [6.45, 7) is 10.4. The highest BCUT2D eigenvalue weighted by Crippen LogP contribution is 2.27. The molecule has 178 valence electrons. The molecule has 0 fully saturated rings. The van der Waals surface area contributed by atoms with Gasteiger partial charge in [0, 0.05) is 17.8 Å². The van der Waals surface area contributed by atoms with Crippen molar-refractivity contribution in [3.8, 4) is 5.75 Å². The van der Waals surface area contributed by atoms with Crippen molar-refractivity contribution < 1.29 is 22.7 Å². The number of carbonyl (C=O) groups excluding carboxylic acids is 1. The molecule has 0 saturated heterocycles. The van der Waals surface area contributed by atoms with Crippen LogP contribution in [0, 0.1) is 13.8 Å². The van der Waals surface area contributed by atoms with Crippen LogP contribution in [0.25, 0.3) is 5.78 Å². The van der Waals surface area contributed by atoms with Gasteiger partial charge in [-0.1, -0.05) is 32.9 Å². The minimum atomic E-state index is -4.65. The van der Waals surface area contributed by atoms with E-state index in [0.29, 0.717) is 36.5 Å². The average molecular weight is 464 g/mol. The van der Waals surface area contributed by atoms with Gasteiger partial charge in [-0.05, 0) is 48.9 Å². The van der Waals surface area contributed by atoms with Gasteiger partial charge in [0.05, 0.1) is 6.54 Å². The van der Waals surface area contributed by atoms with Crippen LogP contribution in [0.4, 0.5) is 13.2 Å². The largest absolute Gasteiger partial charge is 0.492 e. The number of ether oxygens (including phenoxy) is 1. The number of benzene rings is 1. The molecule has 0 spiro atoms. The molecular formula is C23H28F3N5O2. The van der Waals surface area contributed by atoms with Gasteiger partial charge >= 0.3 is 6.18 Å². The fourth-order valence-corrected chi connectivity index (χ4v) is 3.43. The molecule has 1 aromatic carbocycles. The van der Waals surface area contributed by atoms with Gasteiger partial charge in [-0.15, -0.1) is 5.10 Å². The van der Waals surface area contributed by atoms with Crippen molar-refractivity contribution in [2.45, 2.75) is 59.1 Å². The van der Waals surface area contributed by atoms with E-state index in [0.717, 1.165) is 10.3 Å². The summed E-state index contributed by atoms with van der Waals surface area (Å²) in [5.41, 5.74) is 2.96. The molecule has 7 nitrogen and oxygen atoms in total. The lowest BCUT2D eigenvalue weighted by molar-refractivity contribution is -0.144. The van der Waals surface area contributed by atoms with Crippen molar-refractivity contribution in [3.05, 3.63) is 52.6 Å². The van der Waals surface area contributed by atoms with Crippen LogP contribution in [-0.4, -0.2) is 38.6 Å². The molecule has 0 radical (unpaired) electrons. The van der Waals surface area contributed by atoms with E-state index < -0.39 is 12.0 Å². The van der Waals surface area contributed by atoms with Crippen LogP contribution in [0.15, 0.2) is 24.3 Å². The molecule has 0 bridgehead atoms. The van der Waals surface area contributed by atoms with Crippen LogP contribution in [-0.2, 0) is 22.8 Å². The molecule has 3 aromatic rings. The van der Waals surface area contributed by atoms with Crippen molar-refractivity contribution in [2.75, 3.05) is 13.2 Å². The Kier molecular flexibility index (Phi) is 6.94. The Morgan fingerprint density at radius 2 is 1.76 bits per heavy atom. The van der Waals surface area contributed by atoms with Gasteiger partial charge in [0.15, 0.2) is 0 Å². The number of halogens is 3. The van der Waals surface area contributed by atoms with E-state index in [2.05, 4.69) is 41.2 Å². The Hall–Kier alpha value is -3.17. The number of carbonyl (C=O) groups is 1. The number of amides is 1. The van der Waals surface area contributed by atoms with Gasteiger partial charge in [-0.3, -0.25) is 4.79 Å².